The zero-order chi connectivity index (χ0) is 18.1. The third-order valence-electron chi connectivity index (χ3n) is 5.07. The van der Waals surface area contributed by atoms with Crippen molar-refractivity contribution in [3.63, 3.8) is 0 Å². The minimum atomic E-state index is 0.0403. The standard InChI is InChI=1S/C21H22N2O3/c1-25-19-10-9-15(13-20(19)26-2)18-8-5-11-23(18)21(24)17-12-14-6-3-4-7-16(14)22-17/h3-4,6-7,9-10,12-13,18,22H,5,8,11H2,1-2H3. The Hall–Kier alpha value is -2.95. The Morgan fingerprint density at radius 3 is 2.65 bits per heavy atom. The molecule has 5 nitrogen and oxygen atoms in total. The number of aromatic nitrogens is 1. The summed E-state index contributed by atoms with van der Waals surface area (Å²) >= 11 is 0. The summed E-state index contributed by atoms with van der Waals surface area (Å²) in [6, 6.07) is 15.8. The summed E-state index contributed by atoms with van der Waals surface area (Å²) in [6.45, 7) is 0.757. The number of fused-ring (bicyclic) bond motifs is 1. The van der Waals surface area contributed by atoms with E-state index in [1.807, 2.05) is 53.4 Å². The molecule has 1 saturated heterocycles. The molecule has 2 heterocycles. The van der Waals surface area contributed by atoms with Gasteiger partial charge in [0, 0.05) is 17.4 Å². The van der Waals surface area contributed by atoms with E-state index in [0.717, 1.165) is 35.9 Å². The fourth-order valence-corrected chi connectivity index (χ4v) is 3.76. The Kier molecular flexibility index (Phi) is 4.29. The average Bonchev–Trinajstić information content (AvgIpc) is 3.33. The van der Waals surface area contributed by atoms with E-state index < -0.39 is 0 Å². The topological polar surface area (TPSA) is 54.6 Å². The first-order valence-electron chi connectivity index (χ1n) is 8.82. The number of hydrogen-bond acceptors (Lipinski definition) is 3. The normalized spacial score (nSPS) is 16.8. The van der Waals surface area contributed by atoms with Crippen molar-refractivity contribution in [2.75, 3.05) is 20.8 Å². The number of para-hydroxylation sites is 1. The molecule has 0 aliphatic carbocycles. The monoisotopic (exact) mass is 350 g/mol. The summed E-state index contributed by atoms with van der Waals surface area (Å²) in [5.41, 5.74) is 2.70. The summed E-state index contributed by atoms with van der Waals surface area (Å²) in [4.78, 5) is 18.3. The van der Waals surface area contributed by atoms with Gasteiger partial charge in [-0.05, 0) is 42.7 Å². The number of amides is 1. The third kappa shape index (κ3) is 2.79. The van der Waals surface area contributed by atoms with Crippen molar-refractivity contribution in [1.29, 1.82) is 0 Å². The molecule has 0 bridgehead atoms. The molecule has 1 unspecified atom stereocenters. The SMILES string of the molecule is COc1ccc(C2CCCN2C(=O)c2cc3ccccc3[nH]2)cc1OC. The van der Waals surface area contributed by atoms with Crippen LogP contribution in [0.2, 0.25) is 0 Å². The summed E-state index contributed by atoms with van der Waals surface area (Å²) in [5.74, 6) is 1.43. The third-order valence-corrected chi connectivity index (χ3v) is 5.07. The molecule has 26 heavy (non-hydrogen) atoms. The summed E-state index contributed by atoms with van der Waals surface area (Å²) in [7, 11) is 3.25. The fourth-order valence-electron chi connectivity index (χ4n) is 3.76. The number of likely N-dealkylation sites (tertiary alicyclic amines) is 1. The minimum absolute atomic E-state index is 0.0403. The molecule has 1 N–H and O–H groups in total. The number of ether oxygens (including phenoxy) is 2. The van der Waals surface area contributed by atoms with Crippen LogP contribution in [0.25, 0.3) is 10.9 Å². The molecule has 1 amide bonds. The molecular formula is C21H22N2O3. The second-order valence-electron chi connectivity index (χ2n) is 6.54. The van der Waals surface area contributed by atoms with E-state index in [0.29, 0.717) is 17.2 Å². The van der Waals surface area contributed by atoms with Gasteiger partial charge in [0.2, 0.25) is 0 Å². The lowest BCUT2D eigenvalue weighted by atomic mass is 10.0. The van der Waals surface area contributed by atoms with Crippen LogP contribution in [-0.4, -0.2) is 36.6 Å². The van der Waals surface area contributed by atoms with Crippen LogP contribution >= 0.6 is 0 Å². The van der Waals surface area contributed by atoms with Crippen LogP contribution in [0.15, 0.2) is 48.5 Å². The first-order valence-corrected chi connectivity index (χ1v) is 8.82. The van der Waals surface area contributed by atoms with Crippen LogP contribution in [0.4, 0.5) is 0 Å². The number of benzene rings is 2. The number of H-pyrrole nitrogens is 1. The zero-order valence-electron chi connectivity index (χ0n) is 15.0. The van der Waals surface area contributed by atoms with Crippen molar-refractivity contribution in [3.8, 4) is 11.5 Å². The maximum Gasteiger partial charge on any atom is 0.270 e. The number of nitrogens with zero attached hydrogens (tertiary/aromatic N) is 1. The maximum absolute atomic E-state index is 13.1. The largest absolute Gasteiger partial charge is 0.493 e. The molecule has 134 valence electrons. The maximum atomic E-state index is 13.1. The number of nitrogens with one attached hydrogen (secondary N) is 1. The molecule has 1 atom stereocenters. The van der Waals surface area contributed by atoms with E-state index in [4.69, 9.17) is 9.47 Å². The Balaban J connectivity index is 1.64. The minimum Gasteiger partial charge on any atom is -0.493 e. The molecule has 1 aliphatic rings. The lowest BCUT2D eigenvalue weighted by Gasteiger charge is -2.25. The lowest BCUT2D eigenvalue weighted by Crippen LogP contribution is -2.30. The van der Waals surface area contributed by atoms with Crippen LogP contribution in [0, 0.1) is 0 Å². The molecule has 2 aromatic carbocycles. The first-order chi connectivity index (χ1) is 12.7. The highest BCUT2D eigenvalue weighted by atomic mass is 16.5. The van der Waals surface area contributed by atoms with Crippen LogP contribution in [-0.2, 0) is 0 Å². The molecule has 0 radical (unpaired) electrons. The predicted octanol–water partition coefficient (Wildman–Crippen LogP) is 4.16. The number of carbonyl (C=O) groups excluding carboxylic acids is 1. The first kappa shape index (κ1) is 16.5. The van der Waals surface area contributed by atoms with Crippen LogP contribution in [0.1, 0.15) is 34.9 Å². The van der Waals surface area contributed by atoms with Crippen molar-refractivity contribution in [2.24, 2.45) is 0 Å². The Labute approximate surface area is 152 Å². The van der Waals surface area contributed by atoms with Gasteiger partial charge in [0.1, 0.15) is 5.69 Å². The van der Waals surface area contributed by atoms with Gasteiger partial charge >= 0.3 is 0 Å². The molecule has 1 fully saturated rings. The van der Waals surface area contributed by atoms with Gasteiger partial charge in [0.15, 0.2) is 11.5 Å². The molecule has 0 spiro atoms. The van der Waals surface area contributed by atoms with Crippen LogP contribution in [0.3, 0.4) is 0 Å². The van der Waals surface area contributed by atoms with Crippen molar-refractivity contribution >= 4 is 16.8 Å². The van der Waals surface area contributed by atoms with E-state index in [2.05, 4.69) is 4.98 Å². The fraction of sp³-hybridized carbons (Fsp3) is 0.286. The highest BCUT2D eigenvalue weighted by molar-refractivity contribution is 5.98. The number of rotatable bonds is 4. The van der Waals surface area contributed by atoms with E-state index in [9.17, 15) is 4.79 Å². The highest BCUT2D eigenvalue weighted by Gasteiger charge is 2.31. The van der Waals surface area contributed by atoms with Gasteiger partial charge in [0.25, 0.3) is 5.91 Å². The van der Waals surface area contributed by atoms with Crippen LogP contribution in [0.5, 0.6) is 11.5 Å². The van der Waals surface area contributed by atoms with Gasteiger partial charge < -0.3 is 19.4 Å². The smallest absolute Gasteiger partial charge is 0.270 e. The van der Waals surface area contributed by atoms with Gasteiger partial charge in [-0.3, -0.25) is 4.79 Å². The van der Waals surface area contributed by atoms with Gasteiger partial charge in [-0.25, -0.2) is 0 Å². The van der Waals surface area contributed by atoms with E-state index in [-0.39, 0.29) is 11.9 Å². The Morgan fingerprint density at radius 1 is 1.08 bits per heavy atom. The lowest BCUT2D eigenvalue weighted by molar-refractivity contribution is 0.0730. The van der Waals surface area contributed by atoms with Gasteiger partial charge in [-0.15, -0.1) is 0 Å². The molecule has 3 aromatic rings. The second-order valence-corrected chi connectivity index (χ2v) is 6.54. The molecular weight excluding hydrogens is 328 g/mol. The molecule has 4 rings (SSSR count). The van der Waals surface area contributed by atoms with E-state index in [1.54, 1.807) is 14.2 Å². The van der Waals surface area contributed by atoms with Gasteiger partial charge in [-0.1, -0.05) is 24.3 Å². The number of aromatic amines is 1. The van der Waals surface area contributed by atoms with Crippen molar-refractivity contribution in [3.05, 3.63) is 59.8 Å². The zero-order valence-corrected chi connectivity index (χ0v) is 15.0. The molecule has 5 heteroatoms. The van der Waals surface area contributed by atoms with Gasteiger partial charge in [-0.2, -0.15) is 0 Å². The van der Waals surface area contributed by atoms with E-state index >= 15 is 0 Å². The molecule has 0 saturated carbocycles. The number of hydrogen-bond donors (Lipinski definition) is 1. The summed E-state index contributed by atoms with van der Waals surface area (Å²) in [5, 5.41) is 1.05. The molecule has 1 aliphatic heterocycles. The van der Waals surface area contributed by atoms with E-state index in [1.165, 1.54) is 0 Å². The highest BCUT2D eigenvalue weighted by Crippen LogP contribution is 2.37. The predicted molar refractivity (Wildman–Crippen MR) is 101 cm³/mol. The molecule has 1 aromatic heterocycles. The quantitative estimate of drug-likeness (QED) is 0.769. The van der Waals surface area contributed by atoms with Crippen molar-refractivity contribution in [2.45, 2.75) is 18.9 Å². The average molecular weight is 350 g/mol. The Morgan fingerprint density at radius 2 is 1.88 bits per heavy atom. The number of methoxy groups -OCH3 is 2. The van der Waals surface area contributed by atoms with Gasteiger partial charge in [0.05, 0.1) is 20.3 Å². The summed E-state index contributed by atoms with van der Waals surface area (Å²) < 4.78 is 10.7. The van der Waals surface area contributed by atoms with Crippen LogP contribution < -0.4 is 9.47 Å². The van der Waals surface area contributed by atoms with Crippen molar-refractivity contribution < 1.29 is 14.3 Å². The second kappa shape index (κ2) is 6.75. The number of carbonyl (C=O) groups is 1. The van der Waals surface area contributed by atoms with Crippen molar-refractivity contribution in [1.82, 2.24) is 9.88 Å². The Bertz CT molecular complexity index is 914. The summed E-state index contributed by atoms with van der Waals surface area (Å²) in [6.07, 6.45) is 1.94.